The maximum absolute atomic E-state index is 12.0. The predicted molar refractivity (Wildman–Crippen MR) is 75.3 cm³/mol. The zero-order valence-electron chi connectivity index (χ0n) is 10.9. The molecule has 0 unspecified atom stereocenters. The molecule has 2 heterocycles. The molecule has 0 aliphatic heterocycles. The van der Waals surface area contributed by atoms with Gasteiger partial charge < -0.3 is 10.3 Å². The molecule has 1 aromatic carbocycles. The lowest BCUT2D eigenvalue weighted by atomic mass is 10.1. The van der Waals surface area contributed by atoms with E-state index in [4.69, 9.17) is 0 Å². The van der Waals surface area contributed by atoms with Crippen LogP contribution in [0.1, 0.15) is 22.6 Å². The first-order valence-corrected chi connectivity index (χ1v) is 6.52. The third-order valence-corrected chi connectivity index (χ3v) is 3.16. The van der Waals surface area contributed by atoms with E-state index >= 15 is 0 Å². The van der Waals surface area contributed by atoms with Crippen LogP contribution in [0.4, 0.5) is 0 Å². The summed E-state index contributed by atoms with van der Waals surface area (Å²) >= 11 is 0. The lowest BCUT2D eigenvalue weighted by Crippen LogP contribution is -2.24. The van der Waals surface area contributed by atoms with Crippen molar-refractivity contribution in [3.8, 4) is 0 Å². The van der Waals surface area contributed by atoms with Crippen molar-refractivity contribution in [2.75, 3.05) is 6.54 Å². The molecule has 3 rings (SSSR count). The third kappa shape index (κ3) is 2.69. The van der Waals surface area contributed by atoms with E-state index in [0.717, 1.165) is 29.6 Å². The number of nitrogens with zero attached hydrogens (tertiary/aromatic N) is 2. The Balaban J connectivity index is 1.53. The standard InChI is InChI=1S/C14H15N5O/c20-14(16-6-1-2-13-17-9-18-19-13)11-4-3-10-5-7-15-12(10)8-11/h3-5,7-9,15H,1-2,6H2,(H,16,20)(H,17,18,19). The van der Waals surface area contributed by atoms with Gasteiger partial charge in [-0.25, -0.2) is 4.98 Å². The Bertz CT molecular complexity index is 701. The molecule has 6 heteroatoms. The van der Waals surface area contributed by atoms with Crippen molar-refractivity contribution in [1.82, 2.24) is 25.5 Å². The van der Waals surface area contributed by atoms with Crippen molar-refractivity contribution in [3.63, 3.8) is 0 Å². The second-order valence-electron chi connectivity index (χ2n) is 4.57. The molecular weight excluding hydrogens is 254 g/mol. The number of amides is 1. The quantitative estimate of drug-likeness (QED) is 0.615. The Morgan fingerprint density at radius 2 is 2.25 bits per heavy atom. The fourth-order valence-corrected chi connectivity index (χ4v) is 2.10. The molecule has 102 valence electrons. The summed E-state index contributed by atoms with van der Waals surface area (Å²) in [5, 5.41) is 10.6. The van der Waals surface area contributed by atoms with E-state index in [1.165, 1.54) is 6.33 Å². The van der Waals surface area contributed by atoms with Crippen molar-refractivity contribution in [2.45, 2.75) is 12.8 Å². The molecule has 20 heavy (non-hydrogen) atoms. The van der Waals surface area contributed by atoms with Gasteiger partial charge in [-0.1, -0.05) is 6.07 Å². The third-order valence-electron chi connectivity index (χ3n) is 3.16. The van der Waals surface area contributed by atoms with Gasteiger partial charge in [-0.05, 0) is 30.0 Å². The topological polar surface area (TPSA) is 86.5 Å². The molecule has 2 aromatic heterocycles. The van der Waals surface area contributed by atoms with Crippen LogP contribution in [0, 0.1) is 0 Å². The van der Waals surface area contributed by atoms with Gasteiger partial charge in [0.05, 0.1) is 0 Å². The Hall–Kier alpha value is -2.63. The van der Waals surface area contributed by atoms with Crippen LogP contribution in [-0.2, 0) is 6.42 Å². The highest BCUT2D eigenvalue weighted by molar-refractivity contribution is 5.97. The number of nitrogens with one attached hydrogen (secondary N) is 3. The number of fused-ring (bicyclic) bond motifs is 1. The molecule has 0 aliphatic carbocycles. The molecule has 3 aromatic rings. The van der Waals surface area contributed by atoms with Crippen molar-refractivity contribution >= 4 is 16.8 Å². The summed E-state index contributed by atoms with van der Waals surface area (Å²) < 4.78 is 0. The van der Waals surface area contributed by atoms with E-state index < -0.39 is 0 Å². The number of benzene rings is 1. The minimum absolute atomic E-state index is 0.0564. The number of aromatic amines is 2. The lowest BCUT2D eigenvalue weighted by Gasteiger charge is -2.04. The average Bonchev–Trinajstić information content (AvgIpc) is 3.13. The summed E-state index contributed by atoms with van der Waals surface area (Å²) in [7, 11) is 0. The fraction of sp³-hybridized carbons (Fsp3) is 0.214. The fourth-order valence-electron chi connectivity index (χ4n) is 2.10. The number of carbonyl (C=O) groups excluding carboxylic acids is 1. The summed E-state index contributed by atoms with van der Waals surface area (Å²) in [6.45, 7) is 0.613. The van der Waals surface area contributed by atoms with Gasteiger partial charge in [0.25, 0.3) is 5.91 Å². The molecule has 0 aliphatic rings. The SMILES string of the molecule is O=C(NCCCc1ncn[nH]1)c1ccc2cc[nH]c2c1. The molecule has 0 saturated heterocycles. The van der Waals surface area contributed by atoms with Gasteiger partial charge in [0.1, 0.15) is 12.2 Å². The predicted octanol–water partition coefficient (Wildman–Crippen LogP) is 1.65. The summed E-state index contributed by atoms with van der Waals surface area (Å²) in [5.41, 5.74) is 1.64. The second-order valence-corrected chi connectivity index (χ2v) is 4.57. The number of aryl methyl sites for hydroxylation is 1. The molecule has 3 N–H and O–H groups in total. The smallest absolute Gasteiger partial charge is 0.251 e. The average molecular weight is 269 g/mol. The number of H-pyrrole nitrogens is 2. The summed E-state index contributed by atoms with van der Waals surface area (Å²) in [6.07, 6.45) is 4.95. The van der Waals surface area contributed by atoms with Gasteiger partial charge in [-0.3, -0.25) is 9.89 Å². The van der Waals surface area contributed by atoms with Crippen molar-refractivity contribution in [3.05, 3.63) is 48.2 Å². The van der Waals surface area contributed by atoms with Gasteiger partial charge in [-0.2, -0.15) is 5.10 Å². The molecular formula is C14H15N5O. The number of rotatable bonds is 5. The zero-order chi connectivity index (χ0) is 13.8. The summed E-state index contributed by atoms with van der Waals surface area (Å²) in [5.74, 6) is 0.783. The Morgan fingerprint density at radius 3 is 3.10 bits per heavy atom. The van der Waals surface area contributed by atoms with E-state index in [1.807, 2.05) is 30.5 Å². The molecule has 0 radical (unpaired) electrons. The number of carbonyl (C=O) groups is 1. The van der Waals surface area contributed by atoms with E-state index in [0.29, 0.717) is 12.1 Å². The molecule has 0 bridgehead atoms. The highest BCUT2D eigenvalue weighted by atomic mass is 16.1. The second kappa shape index (κ2) is 5.56. The molecule has 0 atom stereocenters. The minimum Gasteiger partial charge on any atom is -0.361 e. The van der Waals surface area contributed by atoms with Crippen LogP contribution in [0.3, 0.4) is 0 Å². The molecule has 0 fully saturated rings. The highest BCUT2D eigenvalue weighted by Gasteiger charge is 2.06. The van der Waals surface area contributed by atoms with E-state index in [1.54, 1.807) is 0 Å². The van der Waals surface area contributed by atoms with Gasteiger partial charge in [0.15, 0.2) is 0 Å². The first kappa shape index (κ1) is 12.4. The van der Waals surface area contributed by atoms with Crippen LogP contribution in [0.5, 0.6) is 0 Å². The normalized spacial score (nSPS) is 10.8. The zero-order valence-corrected chi connectivity index (χ0v) is 10.9. The Morgan fingerprint density at radius 1 is 1.30 bits per heavy atom. The number of hydrogen-bond donors (Lipinski definition) is 3. The summed E-state index contributed by atoms with van der Waals surface area (Å²) in [4.78, 5) is 19.1. The highest BCUT2D eigenvalue weighted by Crippen LogP contribution is 2.13. The Labute approximate surface area is 115 Å². The number of hydrogen-bond acceptors (Lipinski definition) is 3. The minimum atomic E-state index is -0.0564. The van der Waals surface area contributed by atoms with Crippen LogP contribution >= 0.6 is 0 Å². The largest absolute Gasteiger partial charge is 0.361 e. The molecule has 0 spiro atoms. The van der Waals surface area contributed by atoms with Crippen molar-refractivity contribution < 1.29 is 4.79 Å². The van der Waals surface area contributed by atoms with Crippen LogP contribution in [0.15, 0.2) is 36.8 Å². The van der Waals surface area contributed by atoms with Gasteiger partial charge >= 0.3 is 0 Å². The first-order valence-electron chi connectivity index (χ1n) is 6.52. The van der Waals surface area contributed by atoms with Crippen LogP contribution in [0.2, 0.25) is 0 Å². The van der Waals surface area contributed by atoms with Gasteiger partial charge in [0, 0.05) is 30.2 Å². The lowest BCUT2D eigenvalue weighted by molar-refractivity contribution is 0.0953. The maximum Gasteiger partial charge on any atom is 0.251 e. The maximum atomic E-state index is 12.0. The Kier molecular flexibility index (Phi) is 3.45. The van der Waals surface area contributed by atoms with Gasteiger partial charge in [-0.15, -0.1) is 0 Å². The van der Waals surface area contributed by atoms with E-state index in [2.05, 4.69) is 25.5 Å². The van der Waals surface area contributed by atoms with E-state index in [-0.39, 0.29) is 5.91 Å². The van der Waals surface area contributed by atoms with Crippen molar-refractivity contribution in [2.24, 2.45) is 0 Å². The van der Waals surface area contributed by atoms with Crippen LogP contribution < -0.4 is 5.32 Å². The van der Waals surface area contributed by atoms with Crippen LogP contribution in [0.25, 0.3) is 10.9 Å². The van der Waals surface area contributed by atoms with Gasteiger partial charge in [0.2, 0.25) is 0 Å². The van der Waals surface area contributed by atoms with E-state index in [9.17, 15) is 4.79 Å². The first-order chi connectivity index (χ1) is 9.83. The number of aromatic nitrogens is 4. The molecule has 6 nitrogen and oxygen atoms in total. The van der Waals surface area contributed by atoms with Crippen LogP contribution in [-0.4, -0.2) is 32.6 Å². The van der Waals surface area contributed by atoms with Crippen molar-refractivity contribution in [1.29, 1.82) is 0 Å². The molecule has 0 saturated carbocycles. The molecule has 1 amide bonds. The monoisotopic (exact) mass is 269 g/mol. The summed E-state index contributed by atoms with van der Waals surface area (Å²) in [6, 6.07) is 7.62.